The summed E-state index contributed by atoms with van der Waals surface area (Å²) in [6, 6.07) is 0. The van der Waals surface area contributed by atoms with Gasteiger partial charge in [0.2, 0.25) is 0 Å². The number of hydrogen-bond donors (Lipinski definition) is 1. The molecule has 3 heteroatoms. The second-order valence-corrected chi connectivity index (χ2v) is 6.63. The molecule has 104 valence electrons. The Bertz CT molecular complexity index is 272. The summed E-state index contributed by atoms with van der Waals surface area (Å²) < 4.78 is 12.0. The van der Waals surface area contributed by atoms with Crippen molar-refractivity contribution in [2.24, 2.45) is 11.8 Å². The molecule has 2 aliphatic heterocycles. The highest BCUT2D eigenvalue weighted by atomic mass is 16.5. The van der Waals surface area contributed by atoms with Crippen LogP contribution in [0.5, 0.6) is 0 Å². The average Bonchev–Trinajstić information content (AvgIpc) is 3.01. The minimum absolute atomic E-state index is 0.00196. The van der Waals surface area contributed by atoms with Gasteiger partial charge in [0.25, 0.3) is 0 Å². The lowest BCUT2D eigenvalue weighted by atomic mass is 9.86. The minimum atomic E-state index is -0.00196. The molecule has 3 nitrogen and oxygen atoms in total. The topological polar surface area (TPSA) is 30.5 Å². The molecule has 0 radical (unpaired) electrons. The molecule has 0 spiro atoms. The number of rotatable bonds is 3. The molecule has 3 unspecified atom stereocenters. The van der Waals surface area contributed by atoms with Crippen molar-refractivity contribution >= 4 is 0 Å². The van der Waals surface area contributed by atoms with Gasteiger partial charge in [0.05, 0.1) is 18.3 Å². The van der Waals surface area contributed by atoms with Crippen LogP contribution in [0.15, 0.2) is 0 Å². The fourth-order valence-corrected chi connectivity index (χ4v) is 3.95. The summed E-state index contributed by atoms with van der Waals surface area (Å²) >= 11 is 0. The zero-order valence-electron chi connectivity index (χ0n) is 11.6. The number of nitrogens with one attached hydrogen (secondary N) is 1. The maximum Gasteiger partial charge on any atom is 0.0833 e. The highest BCUT2D eigenvalue weighted by Gasteiger charge is 2.42. The van der Waals surface area contributed by atoms with E-state index in [-0.39, 0.29) is 5.60 Å². The molecule has 3 rings (SSSR count). The Kier molecular flexibility index (Phi) is 3.92. The first-order chi connectivity index (χ1) is 8.76. The smallest absolute Gasteiger partial charge is 0.0833 e. The lowest BCUT2D eigenvalue weighted by molar-refractivity contribution is -0.142. The Morgan fingerprint density at radius 2 is 2.06 bits per heavy atom. The predicted octanol–water partition coefficient (Wildman–Crippen LogP) is 2.35. The van der Waals surface area contributed by atoms with Crippen LogP contribution in [0.1, 0.15) is 45.4 Å². The molecular weight excluding hydrogens is 226 g/mol. The van der Waals surface area contributed by atoms with Crippen LogP contribution in [-0.2, 0) is 9.47 Å². The van der Waals surface area contributed by atoms with Crippen molar-refractivity contribution in [3.63, 3.8) is 0 Å². The van der Waals surface area contributed by atoms with Crippen molar-refractivity contribution in [1.29, 1.82) is 0 Å². The Balaban J connectivity index is 1.56. The van der Waals surface area contributed by atoms with Crippen molar-refractivity contribution < 1.29 is 9.47 Å². The van der Waals surface area contributed by atoms with Gasteiger partial charge in [-0.15, -0.1) is 0 Å². The molecule has 0 aromatic carbocycles. The quantitative estimate of drug-likeness (QED) is 0.837. The summed E-state index contributed by atoms with van der Waals surface area (Å²) in [4.78, 5) is 0. The van der Waals surface area contributed by atoms with Crippen LogP contribution < -0.4 is 5.32 Å². The van der Waals surface area contributed by atoms with Crippen molar-refractivity contribution in [3.05, 3.63) is 0 Å². The molecule has 2 saturated heterocycles. The molecule has 3 fully saturated rings. The van der Waals surface area contributed by atoms with E-state index in [9.17, 15) is 0 Å². The van der Waals surface area contributed by atoms with Gasteiger partial charge in [-0.1, -0.05) is 25.7 Å². The van der Waals surface area contributed by atoms with Crippen LogP contribution in [0, 0.1) is 11.8 Å². The number of hydrogen-bond acceptors (Lipinski definition) is 3. The van der Waals surface area contributed by atoms with E-state index in [1.165, 1.54) is 32.1 Å². The van der Waals surface area contributed by atoms with E-state index < -0.39 is 0 Å². The first-order valence-electron chi connectivity index (χ1n) is 7.72. The molecule has 3 atom stereocenters. The fourth-order valence-electron chi connectivity index (χ4n) is 3.95. The van der Waals surface area contributed by atoms with Gasteiger partial charge in [-0.2, -0.15) is 0 Å². The molecule has 2 heterocycles. The summed E-state index contributed by atoms with van der Waals surface area (Å²) in [6.45, 7) is 6.10. The second kappa shape index (κ2) is 5.48. The van der Waals surface area contributed by atoms with Gasteiger partial charge in [-0.25, -0.2) is 0 Å². The molecule has 0 amide bonds. The molecule has 0 bridgehead atoms. The highest BCUT2D eigenvalue weighted by molar-refractivity contribution is 4.93. The third kappa shape index (κ3) is 2.73. The molecule has 0 aromatic heterocycles. The van der Waals surface area contributed by atoms with E-state index in [1.807, 2.05) is 0 Å². The molecular formula is C15H27NO2. The summed E-state index contributed by atoms with van der Waals surface area (Å²) in [5.41, 5.74) is -0.00196. The summed E-state index contributed by atoms with van der Waals surface area (Å²) in [6.07, 6.45) is 8.54. The average molecular weight is 253 g/mol. The van der Waals surface area contributed by atoms with Crippen molar-refractivity contribution in [3.8, 4) is 0 Å². The van der Waals surface area contributed by atoms with Crippen molar-refractivity contribution in [1.82, 2.24) is 5.32 Å². The molecule has 18 heavy (non-hydrogen) atoms. The first kappa shape index (κ1) is 12.9. The van der Waals surface area contributed by atoms with Gasteiger partial charge in [0.1, 0.15) is 0 Å². The maximum atomic E-state index is 6.48. The van der Waals surface area contributed by atoms with Crippen molar-refractivity contribution in [2.75, 3.05) is 26.3 Å². The van der Waals surface area contributed by atoms with Gasteiger partial charge >= 0.3 is 0 Å². The second-order valence-electron chi connectivity index (χ2n) is 6.63. The monoisotopic (exact) mass is 253 g/mol. The lowest BCUT2D eigenvalue weighted by Gasteiger charge is -2.43. The van der Waals surface area contributed by atoms with Gasteiger partial charge in [-0.3, -0.25) is 0 Å². The summed E-state index contributed by atoms with van der Waals surface area (Å²) in [5.74, 6) is 1.50. The normalized spacial score (nSPS) is 42.5. The molecule has 1 saturated carbocycles. The van der Waals surface area contributed by atoms with E-state index in [0.29, 0.717) is 12.0 Å². The van der Waals surface area contributed by atoms with Gasteiger partial charge in [-0.05, 0) is 25.7 Å². The van der Waals surface area contributed by atoms with Gasteiger partial charge < -0.3 is 14.8 Å². The molecule has 0 aromatic rings. The zero-order chi connectivity index (χ0) is 12.4. The van der Waals surface area contributed by atoms with Gasteiger partial charge in [0, 0.05) is 25.6 Å². The molecule has 1 aliphatic carbocycles. The fraction of sp³-hybridized carbons (Fsp3) is 1.00. The van der Waals surface area contributed by atoms with Crippen LogP contribution in [-0.4, -0.2) is 38.0 Å². The largest absolute Gasteiger partial charge is 0.381 e. The van der Waals surface area contributed by atoms with E-state index in [2.05, 4.69) is 12.2 Å². The highest BCUT2D eigenvalue weighted by Crippen LogP contribution is 2.35. The van der Waals surface area contributed by atoms with E-state index >= 15 is 0 Å². The van der Waals surface area contributed by atoms with Crippen LogP contribution in [0.2, 0.25) is 0 Å². The molecule has 3 aliphatic rings. The van der Waals surface area contributed by atoms with E-state index in [4.69, 9.17) is 9.47 Å². The van der Waals surface area contributed by atoms with Crippen LogP contribution >= 0.6 is 0 Å². The summed E-state index contributed by atoms with van der Waals surface area (Å²) in [5, 5.41) is 3.60. The third-order valence-electron chi connectivity index (χ3n) is 5.15. The SMILES string of the molecule is CC1(C2CCOC2)CNCC(CC2CCCC2)O1. The minimum Gasteiger partial charge on any atom is -0.381 e. The maximum absolute atomic E-state index is 6.48. The van der Waals surface area contributed by atoms with E-state index in [0.717, 1.165) is 38.6 Å². The lowest BCUT2D eigenvalue weighted by Crippen LogP contribution is -2.56. The standard InChI is InChI=1S/C15H27NO2/c1-15(13-6-7-17-10-13)11-16-9-14(18-15)8-12-4-2-3-5-12/h12-14,16H,2-11H2,1H3. The number of morpholine rings is 1. The first-order valence-corrected chi connectivity index (χ1v) is 7.72. The Morgan fingerprint density at radius 1 is 1.22 bits per heavy atom. The number of ether oxygens (including phenoxy) is 2. The zero-order valence-corrected chi connectivity index (χ0v) is 11.6. The van der Waals surface area contributed by atoms with Crippen LogP contribution in [0.4, 0.5) is 0 Å². The van der Waals surface area contributed by atoms with E-state index in [1.54, 1.807) is 0 Å². The third-order valence-corrected chi connectivity index (χ3v) is 5.15. The summed E-state index contributed by atoms with van der Waals surface area (Å²) in [7, 11) is 0. The Morgan fingerprint density at radius 3 is 2.78 bits per heavy atom. The predicted molar refractivity (Wildman–Crippen MR) is 71.6 cm³/mol. The van der Waals surface area contributed by atoms with Crippen LogP contribution in [0.3, 0.4) is 0 Å². The Labute approximate surface area is 111 Å². The Hall–Kier alpha value is -0.120. The molecule has 1 N–H and O–H groups in total. The van der Waals surface area contributed by atoms with Crippen LogP contribution in [0.25, 0.3) is 0 Å². The van der Waals surface area contributed by atoms with Gasteiger partial charge in [0.15, 0.2) is 0 Å². The van der Waals surface area contributed by atoms with Crippen molar-refractivity contribution in [2.45, 2.75) is 57.2 Å².